The summed E-state index contributed by atoms with van der Waals surface area (Å²) in [4.78, 5) is 32.2. The van der Waals surface area contributed by atoms with E-state index in [0.29, 0.717) is 21.5 Å². The van der Waals surface area contributed by atoms with Gasteiger partial charge in [-0.25, -0.2) is 13.8 Å². The fraction of sp³-hybridized carbons (Fsp3) is 0.115. The first-order valence-electron chi connectivity index (χ1n) is 10.7. The Hall–Kier alpha value is -4.31. The summed E-state index contributed by atoms with van der Waals surface area (Å²) in [5.41, 5.74) is 0.566. The van der Waals surface area contributed by atoms with Crippen LogP contribution in [0.15, 0.2) is 66.2 Å². The molecule has 10 heteroatoms. The molecule has 1 saturated heterocycles. The molecule has 5 rings (SSSR count). The molecule has 0 saturated carbocycles. The van der Waals surface area contributed by atoms with Crippen LogP contribution < -0.4 is 14.4 Å². The summed E-state index contributed by atoms with van der Waals surface area (Å²) >= 11 is 1.03. The number of aliphatic hydroxyl groups excluding tert-OH is 1. The van der Waals surface area contributed by atoms with Crippen LogP contribution in [0.4, 0.5) is 13.9 Å². The Morgan fingerprint density at radius 2 is 1.67 bits per heavy atom. The van der Waals surface area contributed by atoms with Crippen molar-refractivity contribution in [2.24, 2.45) is 0 Å². The van der Waals surface area contributed by atoms with Crippen LogP contribution in [0.25, 0.3) is 16.0 Å². The molecule has 0 aliphatic carbocycles. The van der Waals surface area contributed by atoms with Gasteiger partial charge < -0.3 is 14.6 Å². The molecule has 1 atom stereocenters. The molecule has 1 aromatic heterocycles. The second kappa shape index (κ2) is 9.04. The van der Waals surface area contributed by atoms with Gasteiger partial charge in [0.15, 0.2) is 5.13 Å². The topological polar surface area (TPSA) is 89.0 Å². The zero-order valence-corrected chi connectivity index (χ0v) is 19.8. The number of Topliss-reactive ketones (excluding diaryl/α,β-unsaturated/α-hetero) is 1. The van der Waals surface area contributed by atoms with Crippen molar-refractivity contribution in [2.75, 3.05) is 19.1 Å². The Kier molecular flexibility index (Phi) is 5.89. The maximum atomic E-state index is 14.1. The zero-order chi connectivity index (χ0) is 25.6. The maximum Gasteiger partial charge on any atom is 0.301 e. The van der Waals surface area contributed by atoms with Crippen LogP contribution in [0.2, 0.25) is 0 Å². The quantitative estimate of drug-likeness (QED) is 0.226. The summed E-state index contributed by atoms with van der Waals surface area (Å²) in [6, 6.07) is 13.0. The first kappa shape index (κ1) is 23.4. The number of fused-ring (bicyclic) bond motifs is 1. The molecule has 182 valence electrons. The molecular weight excluding hydrogens is 490 g/mol. The van der Waals surface area contributed by atoms with Crippen molar-refractivity contribution in [3.05, 3.63) is 89.0 Å². The number of ketones is 1. The van der Waals surface area contributed by atoms with E-state index in [9.17, 15) is 23.5 Å². The van der Waals surface area contributed by atoms with E-state index in [1.54, 1.807) is 24.3 Å². The molecule has 1 unspecified atom stereocenters. The lowest BCUT2D eigenvalue weighted by Crippen LogP contribution is -2.29. The molecule has 3 aromatic carbocycles. The van der Waals surface area contributed by atoms with E-state index in [0.717, 1.165) is 28.4 Å². The number of hydrogen-bond donors (Lipinski definition) is 1. The van der Waals surface area contributed by atoms with Gasteiger partial charge in [-0.05, 0) is 54.1 Å². The lowest BCUT2D eigenvalue weighted by Gasteiger charge is -2.23. The summed E-state index contributed by atoms with van der Waals surface area (Å²) in [6.45, 7) is 0. The Balaban J connectivity index is 1.75. The number of benzene rings is 3. The number of carbonyl (C=O) groups is 2. The molecule has 4 aromatic rings. The maximum absolute atomic E-state index is 14.1. The van der Waals surface area contributed by atoms with Gasteiger partial charge in [-0.1, -0.05) is 23.5 Å². The highest BCUT2D eigenvalue weighted by Crippen LogP contribution is 2.45. The van der Waals surface area contributed by atoms with Gasteiger partial charge in [-0.2, -0.15) is 0 Å². The fourth-order valence-electron chi connectivity index (χ4n) is 4.13. The van der Waals surface area contributed by atoms with Gasteiger partial charge >= 0.3 is 5.91 Å². The van der Waals surface area contributed by atoms with Crippen LogP contribution >= 0.6 is 11.3 Å². The number of aliphatic hydroxyl groups is 1. The van der Waals surface area contributed by atoms with E-state index in [2.05, 4.69) is 4.98 Å². The SMILES string of the molecule is COc1ccc(C2/C(=C(\O)c3cc(F)ccc3OC)C(=O)C(=O)N2c2nc3ccc(F)cc3s2)cc1. The predicted octanol–water partition coefficient (Wildman–Crippen LogP) is 5.22. The standard InChI is InChI=1S/C26H18F2N2O5S/c1-34-16-7-3-13(4-8-16)22-21(23(31)17-11-14(27)6-10-19(17)35-2)24(32)25(33)30(22)26-29-18-9-5-15(28)12-20(18)36-26/h3-12,22,31H,1-2H3/b23-21+. The van der Waals surface area contributed by atoms with Gasteiger partial charge in [0, 0.05) is 0 Å². The predicted molar refractivity (Wildman–Crippen MR) is 130 cm³/mol. The average molecular weight is 509 g/mol. The Morgan fingerprint density at radius 1 is 0.972 bits per heavy atom. The van der Waals surface area contributed by atoms with Crippen LogP contribution in [0.5, 0.6) is 11.5 Å². The first-order chi connectivity index (χ1) is 17.3. The molecule has 1 aliphatic heterocycles. The van der Waals surface area contributed by atoms with Gasteiger partial charge in [0.25, 0.3) is 5.78 Å². The third-order valence-electron chi connectivity index (χ3n) is 5.84. The van der Waals surface area contributed by atoms with Crippen molar-refractivity contribution in [1.29, 1.82) is 0 Å². The van der Waals surface area contributed by atoms with Gasteiger partial charge in [0.05, 0.1) is 41.6 Å². The highest BCUT2D eigenvalue weighted by molar-refractivity contribution is 7.22. The Morgan fingerprint density at radius 3 is 2.36 bits per heavy atom. The lowest BCUT2D eigenvalue weighted by molar-refractivity contribution is -0.132. The number of thiazole rings is 1. The van der Waals surface area contributed by atoms with Crippen LogP contribution in [0, 0.1) is 11.6 Å². The highest BCUT2D eigenvalue weighted by atomic mass is 32.1. The number of amides is 1. The number of methoxy groups -OCH3 is 2. The molecule has 1 N–H and O–H groups in total. The number of hydrogen-bond acceptors (Lipinski definition) is 7. The van der Waals surface area contributed by atoms with Crippen LogP contribution in [-0.2, 0) is 9.59 Å². The third-order valence-corrected chi connectivity index (χ3v) is 6.86. The number of anilines is 1. The average Bonchev–Trinajstić information content (AvgIpc) is 3.41. The molecule has 0 radical (unpaired) electrons. The first-order valence-corrected chi connectivity index (χ1v) is 11.5. The number of aromatic nitrogens is 1. The van der Waals surface area contributed by atoms with Crippen molar-refractivity contribution in [3.8, 4) is 11.5 Å². The van der Waals surface area contributed by atoms with Crippen molar-refractivity contribution in [2.45, 2.75) is 6.04 Å². The number of ether oxygens (including phenoxy) is 2. The van der Waals surface area contributed by atoms with E-state index in [-0.39, 0.29) is 22.0 Å². The van der Waals surface area contributed by atoms with Crippen LogP contribution in [0.1, 0.15) is 17.2 Å². The minimum Gasteiger partial charge on any atom is -0.507 e. The summed E-state index contributed by atoms with van der Waals surface area (Å²) in [6.07, 6.45) is 0. The van der Waals surface area contributed by atoms with Crippen molar-refractivity contribution >= 4 is 44.1 Å². The van der Waals surface area contributed by atoms with Crippen LogP contribution in [-0.4, -0.2) is 36.0 Å². The minimum absolute atomic E-state index is 0.0830. The molecule has 7 nitrogen and oxygen atoms in total. The van der Waals surface area contributed by atoms with E-state index in [4.69, 9.17) is 9.47 Å². The van der Waals surface area contributed by atoms with Crippen molar-refractivity contribution < 1.29 is 33.0 Å². The molecule has 36 heavy (non-hydrogen) atoms. The Bertz CT molecular complexity index is 1550. The molecular formula is C26H18F2N2O5S. The number of carbonyl (C=O) groups excluding carboxylic acids is 2. The number of halogens is 2. The minimum atomic E-state index is -1.10. The molecule has 0 spiro atoms. The largest absolute Gasteiger partial charge is 0.507 e. The van der Waals surface area contributed by atoms with Gasteiger partial charge in [-0.15, -0.1) is 0 Å². The lowest BCUT2D eigenvalue weighted by atomic mass is 9.95. The summed E-state index contributed by atoms with van der Waals surface area (Å²) in [5, 5.41) is 11.4. The third kappa shape index (κ3) is 3.85. The zero-order valence-electron chi connectivity index (χ0n) is 19.0. The van der Waals surface area contributed by atoms with E-state index < -0.39 is 35.1 Å². The van der Waals surface area contributed by atoms with Crippen molar-refractivity contribution in [3.63, 3.8) is 0 Å². The second-order valence-corrected chi connectivity index (χ2v) is 8.90. The summed E-state index contributed by atoms with van der Waals surface area (Å²) in [5.74, 6) is -3.00. The normalized spacial score (nSPS) is 17.1. The summed E-state index contributed by atoms with van der Waals surface area (Å²) in [7, 11) is 2.83. The van der Waals surface area contributed by atoms with E-state index in [1.807, 2.05) is 0 Å². The number of nitrogens with zero attached hydrogens (tertiary/aromatic N) is 2. The Labute approximate surface area is 207 Å². The highest BCUT2D eigenvalue weighted by Gasteiger charge is 2.48. The molecule has 1 aliphatic rings. The smallest absolute Gasteiger partial charge is 0.301 e. The van der Waals surface area contributed by atoms with Gasteiger partial charge in [-0.3, -0.25) is 14.5 Å². The molecule has 1 fully saturated rings. The fourth-order valence-corrected chi connectivity index (χ4v) is 5.15. The number of rotatable bonds is 5. The van der Waals surface area contributed by atoms with Gasteiger partial charge in [0.2, 0.25) is 0 Å². The molecule has 1 amide bonds. The van der Waals surface area contributed by atoms with Gasteiger partial charge in [0.1, 0.15) is 28.9 Å². The second-order valence-electron chi connectivity index (χ2n) is 7.90. The van der Waals surface area contributed by atoms with E-state index in [1.165, 1.54) is 38.5 Å². The van der Waals surface area contributed by atoms with Crippen LogP contribution in [0.3, 0.4) is 0 Å². The van der Waals surface area contributed by atoms with Crippen molar-refractivity contribution in [1.82, 2.24) is 4.98 Å². The van der Waals surface area contributed by atoms with E-state index >= 15 is 0 Å². The monoisotopic (exact) mass is 508 g/mol. The summed E-state index contributed by atoms with van der Waals surface area (Å²) < 4.78 is 38.8. The molecule has 2 heterocycles. The molecule has 0 bridgehead atoms.